The molecule has 142 valence electrons. The van der Waals surface area contributed by atoms with Gasteiger partial charge in [0.2, 0.25) is 0 Å². The summed E-state index contributed by atoms with van der Waals surface area (Å²) in [4.78, 5) is 10.5. The van der Waals surface area contributed by atoms with Crippen LogP contribution in [0, 0.1) is 23.7 Å². The lowest BCUT2D eigenvalue weighted by Crippen LogP contribution is -2.43. The van der Waals surface area contributed by atoms with E-state index in [1.807, 2.05) is 0 Å². The summed E-state index contributed by atoms with van der Waals surface area (Å²) in [5, 5.41) is 8.64. The summed E-state index contributed by atoms with van der Waals surface area (Å²) in [5.41, 5.74) is 0. The van der Waals surface area contributed by atoms with Crippen molar-refractivity contribution in [3.8, 4) is 0 Å². The monoisotopic (exact) mass is 338 g/mol. The highest BCUT2D eigenvalue weighted by atomic mass is 16.4. The van der Waals surface area contributed by atoms with Crippen LogP contribution in [0.4, 0.5) is 0 Å². The smallest absolute Gasteiger partial charge is 0.303 e. The van der Waals surface area contributed by atoms with Crippen LogP contribution in [-0.4, -0.2) is 11.1 Å². The standard InChI is InChI=1S/C22H42O2/c1-4-5-6-7-9-12-15-20-18(2)19(3)21(20)16-13-10-8-11-14-17-22(23)24/h18-21H,4-17H2,1-3H3,(H,23,24). The minimum atomic E-state index is -0.648. The van der Waals surface area contributed by atoms with Gasteiger partial charge in [-0.2, -0.15) is 0 Å². The van der Waals surface area contributed by atoms with Crippen LogP contribution in [0.2, 0.25) is 0 Å². The summed E-state index contributed by atoms with van der Waals surface area (Å²) in [6.07, 6.45) is 17.5. The van der Waals surface area contributed by atoms with Gasteiger partial charge >= 0.3 is 5.97 Å². The van der Waals surface area contributed by atoms with E-state index >= 15 is 0 Å². The molecule has 0 aromatic carbocycles. The van der Waals surface area contributed by atoms with Crippen molar-refractivity contribution in [3.05, 3.63) is 0 Å². The van der Waals surface area contributed by atoms with Gasteiger partial charge in [-0.15, -0.1) is 0 Å². The summed E-state index contributed by atoms with van der Waals surface area (Å²) in [6, 6.07) is 0. The van der Waals surface area contributed by atoms with Crippen LogP contribution in [0.3, 0.4) is 0 Å². The van der Waals surface area contributed by atoms with Crippen LogP contribution in [-0.2, 0) is 4.79 Å². The zero-order valence-electron chi connectivity index (χ0n) is 16.6. The van der Waals surface area contributed by atoms with Crippen molar-refractivity contribution < 1.29 is 9.90 Å². The Balaban J connectivity index is 2.06. The number of carboxylic acids is 1. The Hall–Kier alpha value is -0.530. The first kappa shape index (κ1) is 21.5. The van der Waals surface area contributed by atoms with Crippen LogP contribution in [0.25, 0.3) is 0 Å². The molecule has 0 spiro atoms. The van der Waals surface area contributed by atoms with E-state index in [0.29, 0.717) is 6.42 Å². The molecule has 1 aliphatic carbocycles. The maximum atomic E-state index is 10.5. The Morgan fingerprint density at radius 1 is 0.708 bits per heavy atom. The summed E-state index contributed by atoms with van der Waals surface area (Å²) in [7, 11) is 0. The first-order valence-corrected chi connectivity index (χ1v) is 10.8. The van der Waals surface area contributed by atoms with E-state index in [2.05, 4.69) is 20.8 Å². The van der Waals surface area contributed by atoms with Crippen LogP contribution in [0.5, 0.6) is 0 Å². The highest BCUT2D eigenvalue weighted by molar-refractivity contribution is 5.66. The minimum Gasteiger partial charge on any atom is -0.481 e. The lowest BCUT2D eigenvalue weighted by Gasteiger charge is -2.50. The van der Waals surface area contributed by atoms with Gasteiger partial charge in [-0.25, -0.2) is 0 Å². The van der Waals surface area contributed by atoms with Crippen LogP contribution in [0.15, 0.2) is 0 Å². The normalized spacial score (nSPS) is 26.3. The molecule has 0 radical (unpaired) electrons. The van der Waals surface area contributed by atoms with E-state index in [0.717, 1.165) is 36.5 Å². The van der Waals surface area contributed by atoms with Gasteiger partial charge in [0.05, 0.1) is 0 Å². The van der Waals surface area contributed by atoms with Gasteiger partial charge in [0.25, 0.3) is 0 Å². The lowest BCUT2D eigenvalue weighted by atomic mass is 9.55. The summed E-state index contributed by atoms with van der Waals surface area (Å²) >= 11 is 0. The molecule has 0 saturated heterocycles. The summed E-state index contributed by atoms with van der Waals surface area (Å²) in [5.74, 6) is 3.15. The molecule has 0 aromatic rings. The van der Waals surface area contributed by atoms with E-state index in [1.54, 1.807) is 0 Å². The quantitative estimate of drug-likeness (QED) is 0.324. The van der Waals surface area contributed by atoms with Crippen LogP contribution in [0.1, 0.15) is 111 Å². The highest BCUT2D eigenvalue weighted by Gasteiger charge is 2.43. The number of rotatable bonds is 15. The Bertz CT molecular complexity index is 326. The minimum absolute atomic E-state index is 0.345. The number of hydrogen-bond acceptors (Lipinski definition) is 1. The molecule has 0 aliphatic heterocycles. The third kappa shape index (κ3) is 8.03. The fourth-order valence-corrected chi connectivity index (χ4v) is 4.72. The van der Waals surface area contributed by atoms with E-state index in [-0.39, 0.29) is 0 Å². The third-order valence-corrected chi connectivity index (χ3v) is 6.55. The van der Waals surface area contributed by atoms with Gasteiger partial charge in [-0.1, -0.05) is 85.0 Å². The number of unbranched alkanes of at least 4 members (excludes halogenated alkanes) is 9. The molecule has 1 fully saturated rings. The molecule has 0 amide bonds. The average molecular weight is 339 g/mol. The molecule has 0 bridgehead atoms. The van der Waals surface area contributed by atoms with Crippen molar-refractivity contribution in [2.24, 2.45) is 23.7 Å². The topological polar surface area (TPSA) is 37.3 Å². The maximum absolute atomic E-state index is 10.5. The molecule has 1 saturated carbocycles. The predicted molar refractivity (Wildman–Crippen MR) is 103 cm³/mol. The second-order valence-corrected chi connectivity index (χ2v) is 8.30. The number of carboxylic acid groups (broad SMARTS) is 1. The van der Waals surface area contributed by atoms with Crippen molar-refractivity contribution in [2.45, 2.75) is 111 Å². The van der Waals surface area contributed by atoms with Gasteiger partial charge in [0, 0.05) is 6.42 Å². The van der Waals surface area contributed by atoms with E-state index in [9.17, 15) is 4.79 Å². The molecule has 4 atom stereocenters. The second-order valence-electron chi connectivity index (χ2n) is 8.30. The zero-order valence-corrected chi connectivity index (χ0v) is 16.6. The largest absolute Gasteiger partial charge is 0.481 e. The Morgan fingerprint density at radius 2 is 1.12 bits per heavy atom. The van der Waals surface area contributed by atoms with Crippen LogP contribution < -0.4 is 0 Å². The molecule has 0 heterocycles. The fraction of sp³-hybridized carbons (Fsp3) is 0.955. The zero-order chi connectivity index (χ0) is 17.8. The summed E-state index contributed by atoms with van der Waals surface area (Å²) < 4.78 is 0. The second kappa shape index (κ2) is 12.8. The van der Waals surface area contributed by atoms with Gasteiger partial charge in [-0.3, -0.25) is 4.79 Å². The van der Waals surface area contributed by atoms with E-state index in [4.69, 9.17) is 5.11 Å². The number of hydrogen-bond donors (Lipinski definition) is 1. The van der Waals surface area contributed by atoms with E-state index < -0.39 is 5.97 Å². The van der Waals surface area contributed by atoms with Crippen molar-refractivity contribution in [3.63, 3.8) is 0 Å². The lowest BCUT2D eigenvalue weighted by molar-refractivity contribution is -0.137. The molecular weight excluding hydrogens is 296 g/mol. The Morgan fingerprint density at radius 3 is 1.58 bits per heavy atom. The molecule has 24 heavy (non-hydrogen) atoms. The molecular formula is C22H42O2. The summed E-state index contributed by atoms with van der Waals surface area (Å²) in [6.45, 7) is 7.21. The van der Waals surface area contributed by atoms with Gasteiger partial charge in [0.15, 0.2) is 0 Å². The van der Waals surface area contributed by atoms with Gasteiger partial charge in [0.1, 0.15) is 0 Å². The molecule has 4 unspecified atom stereocenters. The van der Waals surface area contributed by atoms with E-state index in [1.165, 1.54) is 70.6 Å². The Kier molecular flexibility index (Phi) is 11.5. The predicted octanol–water partition coefficient (Wildman–Crippen LogP) is 7.07. The first-order chi connectivity index (χ1) is 11.6. The van der Waals surface area contributed by atoms with Crippen molar-refractivity contribution in [2.75, 3.05) is 0 Å². The molecule has 0 aromatic heterocycles. The molecule has 1 rings (SSSR count). The molecule has 1 aliphatic rings. The SMILES string of the molecule is CCCCCCCCC1C(C)C(C)C1CCCCCCCC(=O)O. The van der Waals surface area contributed by atoms with Crippen molar-refractivity contribution in [1.29, 1.82) is 0 Å². The maximum Gasteiger partial charge on any atom is 0.303 e. The fourth-order valence-electron chi connectivity index (χ4n) is 4.72. The number of carbonyl (C=O) groups is 1. The van der Waals surface area contributed by atoms with Crippen molar-refractivity contribution >= 4 is 5.97 Å². The highest BCUT2D eigenvalue weighted by Crippen LogP contribution is 2.50. The molecule has 2 nitrogen and oxygen atoms in total. The van der Waals surface area contributed by atoms with Crippen LogP contribution >= 0.6 is 0 Å². The van der Waals surface area contributed by atoms with Gasteiger partial charge < -0.3 is 5.11 Å². The van der Waals surface area contributed by atoms with Crippen molar-refractivity contribution in [1.82, 2.24) is 0 Å². The Labute approximate surface area is 150 Å². The number of aliphatic carboxylic acids is 1. The first-order valence-electron chi connectivity index (χ1n) is 10.8. The molecule has 2 heteroatoms. The van der Waals surface area contributed by atoms with Gasteiger partial charge in [-0.05, 0) is 42.9 Å². The molecule has 1 N–H and O–H groups in total. The average Bonchev–Trinajstić information content (AvgIpc) is 2.57. The third-order valence-electron chi connectivity index (χ3n) is 6.55.